The molecule has 0 atom stereocenters. The van der Waals surface area contributed by atoms with Crippen molar-refractivity contribution < 1.29 is 13.6 Å². The van der Waals surface area contributed by atoms with E-state index in [4.69, 9.17) is 4.42 Å². The molecule has 1 aromatic heterocycles. The van der Waals surface area contributed by atoms with Crippen LogP contribution in [0.15, 0.2) is 28.7 Å². The van der Waals surface area contributed by atoms with Crippen LogP contribution in [0.5, 0.6) is 0 Å². The van der Waals surface area contributed by atoms with Gasteiger partial charge in [0.05, 0.1) is 0 Å². The number of nitrogens with zero attached hydrogens (tertiary/aromatic N) is 2. The number of benzene rings is 1. The quantitative estimate of drug-likeness (QED) is 0.874. The Morgan fingerprint density at radius 1 is 1.41 bits per heavy atom. The molecule has 2 aromatic rings. The third kappa shape index (κ3) is 2.66. The van der Waals surface area contributed by atoms with Gasteiger partial charge < -0.3 is 9.73 Å². The summed E-state index contributed by atoms with van der Waals surface area (Å²) in [5.41, 5.74) is 0.400. The van der Waals surface area contributed by atoms with Crippen LogP contribution in [0.3, 0.4) is 0 Å². The summed E-state index contributed by atoms with van der Waals surface area (Å²) in [7, 11) is 0. The number of amides is 1. The van der Waals surface area contributed by atoms with Gasteiger partial charge in [-0.3, -0.25) is 4.79 Å². The topological polar surface area (TPSA) is 68.0 Å². The second-order valence-corrected chi connectivity index (χ2v) is 3.40. The van der Waals surface area contributed by atoms with Gasteiger partial charge in [-0.1, -0.05) is 18.2 Å². The van der Waals surface area contributed by atoms with Crippen molar-refractivity contribution in [1.82, 2.24) is 15.5 Å². The molecular formula is C11H10FN3O2. The summed E-state index contributed by atoms with van der Waals surface area (Å²) in [6.07, 6.45) is 0. The number of rotatable bonds is 3. The number of aromatic nitrogens is 2. The molecule has 88 valence electrons. The van der Waals surface area contributed by atoms with Crippen molar-refractivity contribution in [2.24, 2.45) is 0 Å². The van der Waals surface area contributed by atoms with Crippen LogP contribution in [0.1, 0.15) is 22.1 Å². The smallest absolute Gasteiger partial charge is 0.309 e. The number of carbonyl (C=O) groups excluding carboxylic acids is 1. The molecule has 17 heavy (non-hydrogen) atoms. The average Bonchev–Trinajstić information content (AvgIpc) is 2.74. The van der Waals surface area contributed by atoms with Gasteiger partial charge in [-0.15, -0.1) is 10.2 Å². The Morgan fingerprint density at radius 3 is 2.82 bits per heavy atom. The summed E-state index contributed by atoms with van der Waals surface area (Å²) in [5, 5.41) is 9.58. The summed E-state index contributed by atoms with van der Waals surface area (Å²) in [6.45, 7) is 1.66. The van der Waals surface area contributed by atoms with Gasteiger partial charge in [0.15, 0.2) is 0 Å². The molecule has 0 aliphatic carbocycles. The summed E-state index contributed by atoms with van der Waals surface area (Å²) < 4.78 is 18.2. The van der Waals surface area contributed by atoms with Gasteiger partial charge in [-0.05, 0) is 6.07 Å². The molecule has 0 aliphatic heterocycles. The highest BCUT2D eigenvalue weighted by atomic mass is 19.1. The average molecular weight is 235 g/mol. The van der Waals surface area contributed by atoms with Gasteiger partial charge in [0.25, 0.3) is 0 Å². The van der Waals surface area contributed by atoms with Crippen molar-refractivity contribution in [2.75, 3.05) is 0 Å². The van der Waals surface area contributed by atoms with Crippen LogP contribution in [-0.4, -0.2) is 16.1 Å². The predicted octanol–water partition coefficient (Wildman–Crippen LogP) is 1.45. The zero-order valence-corrected chi connectivity index (χ0v) is 9.11. The number of aryl methyl sites for hydroxylation is 1. The van der Waals surface area contributed by atoms with Crippen LogP contribution in [-0.2, 0) is 6.54 Å². The van der Waals surface area contributed by atoms with Gasteiger partial charge in [0.1, 0.15) is 5.82 Å². The summed E-state index contributed by atoms with van der Waals surface area (Å²) in [6, 6.07) is 6.20. The molecule has 0 spiro atoms. The number of halogens is 1. The first kappa shape index (κ1) is 11.3. The molecule has 1 aromatic carbocycles. The molecule has 2 rings (SSSR count). The van der Waals surface area contributed by atoms with E-state index in [9.17, 15) is 9.18 Å². The molecule has 1 amide bonds. The summed E-state index contributed by atoms with van der Waals surface area (Å²) in [4.78, 5) is 11.5. The van der Waals surface area contributed by atoms with Crippen molar-refractivity contribution in [3.63, 3.8) is 0 Å². The third-order valence-electron chi connectivity index (χ3n) is 2.12. The van der Waals surface area contributed by atoms with Crippen LogP contribution < -0.4 is 5.32 Å². The summed E-state index contributed by atoms with van der Waals surface area (Å²) in [5.74, 6) is -0.705. The molecule has 5 nitrogen and oxygen atoms in total. The fourth-order valence-corrected chi connectivity index (χ4v) is 1.28. The molecule has 0 fully saturated rings. The maximum atomic E-state index is 13.2. The minimum absolute atomic E-state index is 0.0763. The number of carbonyl (C=O) groups is 1. The summed E-state index contributed by atoms with van der Waals surface area (Å²) >= 11 is 0. The Kier molecular flexibility index (Phi) is 3.13. The zero-order valence-electron chi connectivity index (χ0n) is 9.11. The Hall–Kier alpha value is -2.24. The first-order valence-electron chi connectivity index (χ1n) is 4.98. The molecule has 0 bridgehead atoms. The van der Waals surface area contributed by atoms with Gasteiger partial charge >= 0.3 is 11.8 Å². The maximum absolute atomic E-state index is 13.2. The second-order valence-electron chi connectivity index (χ2n) is 3.40. The maximum Gasteiger partial charge on any atom is 0.309 e. The van der Waals surface area contributed by atoms with Crippen molar-refractivity contribution in [3.05, 3.63) is 47.4 Å². The van der Waals surface area contributed by atoms with E-state index in [1.54, 1.807) is 25.1 Å². The van der Waals surface area contributed by atoms with Crippen LogP contribution in [0.4, 0.5) is 4.39 Å². The SMILES string of the molecule is Cc1nnc(C(=O)NCc2ccccc2F)o1. The number of hydrogen-bond donors (Lipinski definition) is 1. The van der Waals surface area contributed by atoms with E-state index in [-0.39, 0.29) is 18.3 Å². The van der Waals surface area contributed by atoms with Crippen molar-refractivity contribution in [3.8, 4) is 0 Å². The first-order chi connectivity index (χ1) is 8.16. The van der Waals surface area contributed by atoms with Crippen LogP contribution in [0.2, 0.25) is 0 Å². The first-order valence-corrected chi connectivity index (χ1v) is 4.98. The van der Waals surface area contributed by atoms with Crippen molar-refractivity contribution in [2.45, 2.75) is 13.5 Å². The van der Waals surface area contributed by atoms with Crippen LogP contribution in [0.25, 0.3) is 0 Å². The molecule has 0 unspecified atom stereocenters. The van der Waals surface area contributed by atoms with Gasteiger partial charge in [0, 0.05) is 19.0 Å². The zero-order chi connectivity index (χ0) is 12.3. The second kappa shape index (κ2) is 4.73. The van der Waals surface area contributed by atoms with Crippen LogP contribution in [0, 0.1) is 12.7 Å². The van der Waals surface area contributed by atoms with E-state index >= 15 is 0 Å². The fraction of sp³-hybridized carbons (Fsp3) is 0.182. The van der Waals surface area contributed by atoms with Crippen LogP contribution >= 0.6 is 0 Å². The lowest BCUT2D eigenvalue weighted by atomic mass is 10.2. The van der Waals surface area contributed by atoms with E-state index in [0.717, 1.165) is 0 Å². The van der Waals surface area contributed by atoms with E-state index in [1.165, 1.54) is 6.07 Å². The molecule has 1 heterocycles. The minimum Gasteiger partial charge on any atom is -0.417 e. The lowest BCUT2D eigenvalue weighted by Gasteiger charge is -2.03. The lowest BCUT2D eigenvalue weighted by molar-refractivity contribution is 0.0914. The Bertz CT molecular complexity index is 539. The van der Waals surface area contributed by atoms with Gasteiger partial charge in [0.2, 0.25) is 5.89 Å². The van der Waals surface area contributed by atoms with Crippen molar-refractivity contribution in [1.29, 1.82) is 0 Å². The normalized spacial score (nSPS) is 10.2. The Morgan fingerprint density at radius 2 is 2.18 bits per heavy atom. The molecule has 0 saturated heterocycles. The highest BCUT2D eigenvalue weighted by molar-refractivity contribution is 5.89. The van der Waals surface area contributed by atoms with E-state index in [2.05, 4.69) is 15.5 Å². The molecule has 1 N–H and O–H groups in total. The van der Waals surface area contributed by atoms with Gasteiger partial charge in [-0.2, -0.15) is 0 Å². The van der Waals surface area contributed by atoms with E-state index < -0.39 is 5.91 Å². The highest BCUT2D eigenvalue weighted by Crippen LogP contribution is 2.06. The minimum atomic E-state index is -0.520. The van der Waals surface area contributed by atoms with E-state index in [0.29, 0.717) is 11.5 Å². The van der Waals surface area contributed by atoms with Crippen molar-refractivity contribution >= 4 is 5.91 Å². The Balaban J connectivity index is 1.99. The number of hydrogen-bond acceptors (Lipinski definition) is 4. The highest BCUT2D eigenvalue weighted by Gasteiger charge is 2.13. The fourth-order valence-electron chi connectivity index (χ4n) is 1.28. The Labute approximate surface area is 96.7 Å². The molecule has 0 saturated carbocycles. The molecule has 0 radical (unpaired) electrons. The third-order valence-corrected chi connectivity index (χ3v) is 2.12. The van der Waals surface area contributed by atoms with Gasteiger partial charge in [-0.25, -0.2) is 4.39 Å². The van der Waals surface area contributed by atoms with E-state index in [1.807, 2.05) is 0 Å². The monoisotopic (exact) mass is 235 g/mol. The molecule has 6 heteroatoms. The molecular weight excluding hydrogens is 225 g/mol. The number of nitrogens with one attached hydrogen (secondary N) is 1. The standard InChI is InChI=1S/C11H10FN3O2/c1-7-14-15-11(17-7)10(16)13-6-8-4-2-3-5-9(8)12/h2-5H,6H2,1H3,(H,13,16). The largest absolute Gasteiger partial charge is 0.417 e. The lowest BCUT2D eigenvalue weighted by Crippen LogP contribution is -2.23. The predicted molar refractivity (Wildman–Crippen MR) is 56.6 cm³/mol. The molecule has 0 aliphatic rings.